The number of sulfone groups is 1. The third-order valence-electron chi connectivity index (χ3n) is 7.21. The Morgan fingerprint density at radius 2 is 1.48 bits per heavy atom. The average Bonchev–Trinajstić information content (AvgIpc) is 3.55. The molecule has 8 nitrogen and oxygen atoms in total. The van der Waals surface area contributed by atoms with Gasteiger partial charge in [-0.3, -0.25) is 9.69 Å². The van der Waals surface area contributed by atoms with Gasteiger partial charge in [-0.2, -0.15) is 0 Å². The number of amides is 1. The summed E-state index contributed by atoms with van der Waals surface area (Å²) in [7, 11) is -3.38. The maximum absolute atomic E-state index is 13.4. The van der Waals surface area contributed by atoms with Gasteiger partial charge in [0, 0.05) is 24.4 Å². The number of carbonyl (C=O) groups excluding carboxylic acids is 1. The Kier molecular flexibility index (Phi) is 24.2. The number of likely N-dealkylation sites (tertiary alicyclic amines) is 1. The largest absolute Gasteiger partial charge is 0.492 e. The first-order valence-electron chi connectivity index (χ1n) is 18.3. The van der Waals surface area contributed by atoms with Crippen molar-refractivity contribution in [1.29, 1.82) is 0 Å². The highest BCUT2D eigenvalue weighted by atomic mass is 32.2. The van der Waals surface area contributed by atoms with Crippen LogP contribution in [-0.2, 0) is 21.2 Å². The Labute approximate surface area is 303 Å². The van der Waals surface area contributed by atoms with Gasteiger partial charge in [0.25, 0.3) is 5.91 Å². The van der Waals surface area contributed by atoms with E-state index in [2.05, 4.69) is 37.9 Å². The van der Waals surface area contributed by atoms with Gasteiger partial charge >= 0.3 is 5.97 Å². The number of carbonyl (C=O) groups is 2. The molecule has 0 saturated carbocycles. The fraction of sp³-hybridized carbons (Fsp3) is 0.512. The molecule has 3 aromatic carbocycles. The Morgan fingerprint density at radius 1 is 0.900 bits per heavy atom. The molecule has 3 aromatic rings. The van der Waals surface area contributed by atoms with Crippen LogP contribution in [0.2, 0.25) is 0 Å². The van der Waals surface area contributed by atoms with E-state index in [-0.39, 0.29) is 18.2 Å². The van der Waals surface area contributed by atoms with Crippen molar-refractivity contribution in [2.45, 2.75) is 113 Å². The molecule has 1 saturated heterocycles. The van der Waals surface area contributed by atoms with Gasteiger partial charge in [0.2, 0.25) is 0 Å². The van der Waals surface area contributed by atoms with Gasteiger partial charge in [0.05, 0.1) is 5.75 Å². The molecule has 4 rings (SSSR count). The molecule has 9 heteroatoms. The van der Waals surface area contributed by atoms with Gasteiger partial charge in [-0.05, 0) is 79.3 Å². The number of hydrogen-bond acceptors (Lipinski definition) is 6. The van der Waals surface area contributed by atoms with Gasteiger partial charge in [-0.25, -0.2) is 13.2 Å². The van der Waals surface area contributed by atoms with E-state index in [9.17, 15) is 23.1 Å². The fourth-order valence-corrected chi connectivity index (χ4v) is 5.71. The zero-order valence-corrected chi connectivity index (χ0v) is 33.1. The zero-order chi connectivity index (χ0) is 38.1. The smallest absolute Gasteiger partial charge is 0.326 e. The second kappa shape index (κ2) is 26.2. The molecule has 0 radical (unpaired) electrons. The number of carboxylic acids is 1. The van der Waals surface area contributed by atoms with Crippen molar-refractivity contribution in [3.63, 3.8) is 0 Å². The fourth-order valence-electron chi connectivity index (χ4n) is 5.05. The molecule has 2 unspecified atom stereocenters. The summed E-state index contributed by atoms with van der Waals surface area (Å²) in [6.07, 6.45) is 5.46. The lowest BCUT2D eigenvalue weighted by Gasteiger charge is -2.25. The highest BCUT2D eigenvalue weighted by Gasteiger charge is 2.27. The standard InChI is InChI=1S/C31H36N2O6S.2C3H8.2C2H6/c1-22-9-6-7-13-26(22)28-19-23(20-33-17-8-10-24(33)21-39-25-11-4-3-5-12-25)14-15-27(28)30(34)32-29(31(35)36)16-18-40(2,37)38;2*1-3-2;2*1-2/h3-7,9,11-15,19,24,29H,8,10,16-18,20-21H2,1-2H3,(H,32,34)(H,35,36);2*3H2,1-2H3;2*1-2H3. The third-order valence-corrected chi connectivity index (χ3v) is 8.19. The number of ether oxygens (including phenoxy) is 1. The zero-order valence-electron chi connectivity index (χ0n) is 32.3. The first kappa shape index (κ1) is 46.3. The predicted octanol–water partition coefficient (Wildman–Crippen LogP) is 9.21. The van der Waals surface area contributed by atoms with Crippen LogP contribution < -0.4 is 10.1 Å². The van der Waals surface area contributed by atoms with Crippen molar-refractivity contribution >= 4 is 21.7 Å². The number of carboxylic acid groups (broad SMARTS) is 1. The summed E-state index contributed by atoms with van der Waals surface area (Å²) in [6, 6.07) is 22.1. The third kappa shape index (κ3) is 17.3. The molecule has 1 aliphatic heterocycles. The van der Waals surface area contributed by atoms with Crippen LogP contribution in [0.5, 0.6) is 5.75 Å². The van der Waals surface area contributed by atoms with Crippen molar-refractivity contribution in [3.05, 3.63) is 89.5 Å². The minimum Gasteiger partial charge on any atom is -0.492 e. The molecule has 2 atom stereocenters. The molecule has 1 fully saturated rings. The van der Waals surface area contributed by atoms with Crippen molar-refractivity contribution in [3.8, 4) is 16.9 Å². The van der Waals surface area contributed by atoms with Gasteiger partial charge in [-0.15, -0.1) is 0 Å². The second-order valence-electron chi connectivity index (χ2n) is 11.8. The van der Waals surface area contributed by atoms with Gasteiger partial charge < -0.3 is 15.2 Å². The first-order chi connectivity index (χ1) is 23.9. The number of hydrogen-bond donors (Lipinski definition) is 2. The first-order valence-corrected chi connectivity index (χ1v) is 20.3. The summed E-state index contributed by atoms with van der Waals surface area (Å²) in [5.74, 6) is -1.31. The summed E-state index contributed by atoms with van der Waals surface area (Å²) < 4.78 is 29.2. The SMILES string of the molecule is CC.CC.CCC.CCC.Cc1ccccc1-c1cc(CN2CCCC2COc2ccccc2)ccc1C(=O)NC(CCS(C)(=O)=O)C(=O)O. The van der Waals surface area contributed by atoms with Crippen LogP contribution in [-0.4, -0.2) is 67.5 Å². The molecule has 0 aliphatic carbocycles. The van der Waals surface area contributed by atoms with Gasteiger partial charge in [0.15, 0.2) is 0 Å². The van der Waals surface area contributed by atoms with E-state index in [0.29, 0.717) is 24.3 Å². The monoisotopic (exact) mass is 712 g/mol. The number of aliphatic carboxylic acids is 1. The Hall–Kier alpha value is -3.69. The van der Waals surface area contributed by atoms with Crippen molar-refractivity contribution in [2.75, 3.05) is 25.2 Å². The second-order valence-corrected chi connectivity index (χ2v) is 14.0. The predicted molar refractivity (Wildman–Crippen MR) is 210 cm³/mol. The normalized spacial score (nSPS) is 14.1. The van der Waals surface area contributed by atoms with E-state index in [1.54, 1.807) is 6.07 Å². The van der Waals surface area contributed by atoms with E-state index in [4.69, 9.17) is 4.74 Å². The van der Waals surface area contributed by atoms with E-state index >= 15 is 0 Å². The van der Waals surface area contributed by atoms with Crippen LogP contribution in [0.15, 0.2) is 72.8 Å². The quantitative estimate of drug-likeness (QED) is 0.193. The molecule has 50 heavy (non-hydrogen) atoms. The molecule has 0 spiro atoms. The van der Waals surface area contributed by atoms with Crippen LogP contribution in [0.25, 0.3) is 11.1 Å². The highest BCUT2D eigenvalue weighted by Crippen LogP contribution is 2.30. The molecule has 1 heterocycles. The minimum absolute atomic E-state index is 0.209. The van der Waals surface area contributed by atoms with Crippen molar-refractivity contribution < 1.29 is 27.9 Å². The Morgan fingerprint density at radius 3 is 2.04 bits per heavy atom. The van der Waals surface area contributed by atoms with Crippen LogP contribution in [0, 0.1) is 6.92 Å². The Balaban J connectivity index is 0.00000217. The molecule has 0 bridgehead atoms. The lowest BCUT2D eigenvalue weighted by Crippen LogP contribution is -2.42. The molecule has 0 aromatic heterocycles. The lowest BCUT2D eigenvalue weighted by molar-refractivity contribution is -0.139. The summed E-state index contributed by atoms with van der Waals surface area (Å²) in [5, 5.41) is 12.2. The van der Waals surface area contributed by atoms with Crippen LogP contribution in [0.3, 0.4) is 0 Å². The van der Waals surface area contributed by atoms with Crippen molar-refractivity contribution in [1.82, 2.24) is 10.2 Å². The molecule has 1 amide bonds. The number of rotatable bonds is 12. The van der Waals surface area contributed by atoms with Crippen molar-refractivity contribution in [2.24, 2.45) is 0 Å². The van der Waals surface area contributed by atoms with Gasteiger partial charge in [0.1, 0.15) is 28.2 Å². The number of aryl methyl sites for hydroxylation is 1. The van der Waals surface area contributed by atoms with Crippen LogP contribution >= 0.6 is 0 Å². The number of benzene rings is 3. The summed E-state index contributed by atoms with van der Waals surface area (Å²) in [4.78, 5) is 27.5. The summed E-state index contributed by atoms with van der Waals surface area (Å²) in [5.41, 5.74) is 3.94. The minimum atomic E-state index is -3.38. The lowest BCUT2D eigenvalue weighted by atomic mass is 9.93. The van der Waals surface area contributed by atoms with Gasteiger partial charge in [-0.1, -0.05) is 117 Å². The molecule has 2 N–H and O–H groups in total. The van der Waals surface area contributed by atoms with E-state index < -0.39 is 27.8 Å². The average molecular weight is 713 g/mol. The summed E-state index contributed by atoms with van der Waals surface area (Å²) >= 11 is 0. The van der Waals surface area contributed by atoms with Crippen LogP contribution in [0.4, 0.5) is 0 Å². The van der Waals surface area contributed by atoms with Crippen LogP contribution in [0.1, 0.15) is 109 Å². The maximum atomic E-state index is 13.4. The highest BCUT2D eigenvalue weighted by molar-refractivity contribution is 7.90. The summed E-state index contributed by atoms with van der Waals surface area (Å²) in [6.45, 7) is 20.7. The number of nitrogens with zero attached hydrogens (tertiary/aromatic N) is 1. The number of nitrogens with one attached hydrogen (secondary N) is 1. The molecule has 280 valence electrons. The molecular weight excluding hydrogens is 649 g/mol. The van der Waals surface area contributed by atoms with E-state index in [1.165, 1.54) is 12.8 Å². The molecular formula is C41H64N2O6S. The number of para-hydroxylation sites is 1. The Bertz CT molecular complexity index is 1480. The van der Waals surface area contributed by atoms with E-state index in [0.717, 1.165) is 48.1 Å². The maximum Gasteiger partial charge on any atom is 0.326 e. The molecule has 1 aliphatic rings. The van der Waals surface area contributed by atoms with E-state index in [1.807, 2.05) is 101 Å². The topological polar surface area (TPSA) is 113 Å².